The van der Waals surface area contributed by atoms with Crippen LogP contribution in [-0.2, 0) is 12.8 Å². The van der Waals surface area contributed by atoms with Gasteiger partial charge >= 0.3 is 0 Å². The Kier molecular flexibility index (Phi) is 6.68. The van der Waals surface area contributed by atoms with Gasteiger partial charge in [-0.1, -0.05) is 46.6 Å². The second-order valence-corrected chi connectivity index (χ2v) is 6.48. The first kappa shape index (κ1) is 16.5. The fourth-order valence-electron chi connectivity index (χ4n) is 2.32. The molecule has 0 bridgehead atoms. The summed E-state index contributed by atoms with van der Waals surface area (Å²) in [6.07, 6.45) is 6.74. The third-order valence-electron chi connectivity index (χ3n) is 3.37. The van der Waals surface area contributed by atoms with Crippen LogP contribution in [0.3, 0.4) is 0 Å². The smallest absolute Gasteiger partial charge is 0.0449 e. The maximum absolute atomic E-state index is 6.34. The van der Waals surface area contributed by atoms with Gasteiger partial charge in [0.25, 0.3) is 0 Å². The van der Waals surface area contributed by atoms with Crippen LogP contribution in [0.1, 0.15) is 24.5 Å². The lowest BCUT2D eigenvalue weighted by Crippen LogP contribution is -2.34. The minimum atomic E-state index is 0.368. The Bertz CT molecular complexity index is 560. The minimum absolute atomic E-state index is 0.368. The summed E-state index contributed by atoms with van der Waals surface area (Å²) in [7, 11) is 0. The van der Waals surface area contributed by atoms with E-state index < -0.39 is 0 Å². The van der Waals surface area contributed by atoms with Gasteiger partial charge in [0.15, 0.2) is 0 Å². The Labute approximate surface area is 140 Å². The molecule has 2 rings (SSSR count). The van der Waals surface area contributed by atoms with Crippen molar-refractivity contribution in [3.05, 3.63) is 63.3 Å². The lowest BCUT2D eigenvalue weighted by molar-refractivity contribution is 0.504. The quantitative estimate of drug-likeness (QED) is 0.770. The van der Waals surface area contributed by atoms with Crippen LogP contribution < -0.4 is 5.32 Å². The molecule has 0 spiro atoms. The van der Waals surface area contributed by atoms with E-state index >= 15 is 0 Å². The first-order valence-corrected chi connectivity index (χ1v) is 8.42. The molecule has 0 amide bonds. The molecule has 0 fully saturated rings. The lowest BCUT2D eigenvalue weighted by atomic mass is 9.99. The van der Waals surface area contributed by atoms with E-state index in [2.05, 4.69) is 45.3 Å². The van der Waals surface area contributed by atoms with Crippen molar-refractivity contribution < 1.29 is 0 Å². The Morgan fingerprint density at radius 1 is 1.29 bits per heavy atom. The third-order valence-corrected chi connectivity index (χ3v) is 4.21. The van der Waals surface area contributed by atoms with Crippen LogP contribution in [0.15, 0.2) is 47.2 Å². The van der Waals surface area contributed by atoms with E-state index in [0.717, 1.165) is 35.3 Å². The predicted octanol–water partition coefficient (Wildman–Crippen LogP) is 4.65. The molecule has 1 atom stereocenters. The molecule has 1 unspecified atom stereocenters. The van der Waals surface area contributed by atoms with Crippen LogP contribution in [0.5, 0.6) is 0 Å². The SMILES string of the molecule is CCCNC(Cc1cccnc1)Cc1ccc(Br)cc1Cl. The normalized spacial score (nSPS) is 12.3. The van der Waals surface area contributed by atoms with Crippen LogP contribution >= 0.6 is 27.5 Å². The van der Waals surface area contributed by atoms with E-state index in [-0.39, 0.29) is 0 Å². The Hall–Kier alpha value is -0.900. The van der Waals surface area contributed by atoms with Crippen molar-refractivity contribution in [3.8, 4) is 0 Å². The van der Waals surface area contributed by atoms with Crippen molar-refractivity contribution in [1.29, 1.82) is 0 Å². The molecule has 1 aromatic carbocycles. The second-order valence-electron chi connectivity index (χ2n) is 5.16. The van der Waals surface area contributed by atoms with Gasteiger partial charge in [-0.25, -0.2) is 0 Å². The zero-order valence-corrected chi connectivity index (χ0v) is 14.5. The molecule has 1 heterocycles. The molecule has 0 aliphatic heterocycles. The van der Waals surface area contributed by atoms with Crippen molar-refractivity contribution in [2.24, 2.45) is 0 Å². The number of halogens is 2. The van der Waals surface area contributed by atoms with Gasteiger partial charge in [-0.15, -0.1) is 0 Å². The van der Waals surface area contributed by atoms with Gasteiger partial charge in [-0.3, -0.25) is 4.98 Å². The van der Waals surface area contributed by atoms with Gasteiger partial charge < -0.3 is 5.32 Å². The molecule has 4 heteroatoms. The zero-order chi connectivity index (χ0) is 15.1. The maximum Gasteiger partial charge on any atom is 0.0449 e. The molecule has 21 heavy (non-hydrogen) atoms. The largest absolute Gasteiger partial charge is 0.313 e. The number of nitrogens with one attached hydrogen (secondary N) is 1. The molecule has 2 aromatic rings. The van der Waals surface area contributed by atoms with Crippen molar-refractivity contribution in [3.63, 3.8) is 0 Å². The van der Waals surface area contributed by atoms with Gasteiger partial charge in [0, 0.05) is 27.9 Å². The lowest BCUT2D eigenvalue weighted by Gasteiger charge is -2.19. The van der Waals surface area contributed by atoms with Crippen LogP contribution in [0.25, 0.3) is 0 Å². The number of hydrogen-bond acceptors (Lipinski definition) is 2. The van der Waals surface area contributed by atoms with Crippen molar-refractivity contribution in [2.45, 2.75) is 32.2 Å². The van der Waals surface area contributed by atoms with Gasteiger partial charge in [0.1, 0.15) is 0 Å². The van der Waals surface area contributed by atoms with E-state index in [4.69, 9.17) is 11.6 Å². The van der Waals surface area contributed by atoms with E-state index in [1.807, 2.05) is 30.6 Å². The summed E-state index contributed by atoms with van der Waals surface area (Å²) in [6, 6.07) is 10.6. The third kappa shape index (κ3) is 5.42. The fourth-order valence-corrected chi connectivity index (χ4v) is 3.07. The monoisotopic (exact) mass is 366 g/mol. The molecule has 0 radical (unpaired) electrons. The Morgan fingerprint density at radius 3 is 2.81 bits per heavy atom. The molecule has 0 saturated carbocycles. The number of rotatable bonds is 7. The summed E-state index contributed by atoms with van der Waals surface area (Å²) >= 11 is 9.79. The highest BCUT2D eigenvalue weighted by atomic mass is 79.9. The minimum Gasteiger partial charge on any atom is -0.313 e. The van der Waals surface area contributed by atoms with Crippen molar-refractivity contribution in [2.75, 3.05) is 6.54 Å². The molecular weight excluding hydrogens is 348 g/mol. The van der Waals surface area contributed by atoms with Gasteiger partial charge in [-0.05, 0) is 55.1 Å². The molecular formula is C17H20BrClN2. The van der Waals surface area contributed by atoms with Crippen molar-refractivity contribution in [1.82, 2.24) is 10.3 Å². The maximum atomic E-state index is 6.34. The topological polar surface area (TPSA) is 24.9 Å². The van der Waals surface area contributed by atoms with E-state index in [1.54, 1.807) is 0 Å². The van der Waals surface area contributed by atoms with Crippen molar-refractivity contribution >= 4 is 27.5 Å². The predicted molar refractivity (Wildman–Crippen MR) is 92.9 cm³/mol. The average molecular weight is 368 g/mol. The molecule has 0 saturated heterocycles. The fraction of sp³-hybridized carbons (Fsp3) is 0.353. The summed E-state index contributed by atoms with van der Waals surface area (Å²) in [6.45, 7) is 3.19. The Morgan fingerprint density at radius 2 is 2.14 bits per heavy atom. The van der Waals surface area contributed by atoms with Gasteiger partial charge in [0.2, 0.25) is 0 Å². The summed E-state index contributed by atoms with van der Waals surface area (Å²) in [5.74, 6) is 0. The van der Waals surface area contributed by atoms with Crippen LogP contribution in [-0.4, -0.2) is 17.6 Å². The standard InChI is InChI=1S/C17H20BrClN2/c1-2-7-21-16(9-13-4-3-8-20-12-13)10-14-5-6-15(18)11-17(14)19/h3-6,8,11-12,16,21H,2,7,9-10H2,1H3. The molecule has 0 aliphatic rings. The summed E-state index contributed by atoms with van der Waals surface area (Å²) in [4.78, 5) is 4.19. The highest BCUT2D eigenvalue weighted by molar-refractivity contribution is 9.10. The van der Waals surface area contributed by atoms with Gasteiger partial charge in [-0.2, -0.15) is 0 Å². The summed E-state index contributed by atoms with van der Waals surface area (Å²) < 4.78 is 1.02. The number of pyridine rings is 1. The Balaban J connectivity index is 2.08. The molecule has 112 valence electrons. The molecule has 0 aliphatic carbocycles. The first-order valence-electron chi connectivity index (χ1n) is 7.25. The molecule has 2 nitrogen and oxygen atoms in total. The number of aromatic nitrogens is 1. The number of nitrogens with zero attached hydrogens (tertiary/aromatic N) is 1. The van der Waals surface area contributed by atoms with E-state index in [0.29, 0.717) is 6.04 Å². The van der Waals surface area contributed by atoms with Crippen LogP contribution in [0.4, 0.5) is 0 Å². The van der Waals surface area contributed by atoms with E-state index in [9.17, 15) is 0 Å². The second kappa shape index (κ2) is 8.52. The average Bonchev–Trinajstić information content (AvgIpc) is 2.48. The van der Waals surface area contributed by atoms with Crippen LogP contribution in [0, 0.1) is 0 Å². The van der Waals surface area contributed by atoms with Gasteiger partial charge in [0.05, 0.1) is 0 Å². The summed E-state index contributed by atoms with van der Waals surface area (Å²) in [5, 5.41) is 4.43. The number of hydrogen-bond donors (Lipinski definition) is 1. The number of benzene rings is 1. The summed E-state index contributed by atoms with van der Waals surface area (Å²) in [5.41, 5.74) is 2.43. The zero-order valence-electron chi connectivity index (χ0n) is 12.2. The highest BCUT2D eigenvalue weighted by Gasteiger charge is 2.12. The van der Waals surface area contributed by atoms with E-state index in [1.165, 1.54) is 11.1 Å². The van der Waals surface area contributed by atoms with Crippen LogP contribution in [0.2, 0.25) is 5.02 Å². The molecule has 1 aromatic heterocycles. The molecule has 1 N–H and O–H groups in total. The highest BCUT2D eigenvalue weighted by Crippen LogP contribution is 2.23. The first-order chi connectivity index (χ1) is 10.2.